The van der Waals surface area contributed by atoms with Gasteiger partial charge in [0.2, 0.25) is 0 Å². The Morgan fingerprint density at radius 1 is 1.11 bits per heavy atom. The van der Waals surface area contributed by atoms with Gasteiger partial charge in [-0.3, -0.25) is 16.2 Å². The van der Waals surface area contributed by atoms with Crippen LogP contribution in [0.15, 0.2) is 0 Å². The number of nitrogens with one attached hydrogen (secondary N) is 1. The number of hydrogen-bond acceptors (Lipinski definition) is 3. The summed E-state index contributed by atoms with van der Waals surface area (Å²) in [6, 6.07) is 0.484. The van der Waals surface area contributed by atoms with E-state index in [2.05, 4.69) is 24.2 Å². The smallest absolute Gasteiger partial charge is 0.0397 e. The number of nitrogens with two attached hydrogens (primary N) is 1. The molecular formula is C16H33N3. The van der Waals surface area contributed by atoms with Gasteiger partial charge in [-0.1, -0.05) is 52.4 Å². The van der Waals surface area contributed by atoms with Crippen LogP contribution >= 0.6 is 0 Å². The molecule has 1 unspecified atom stereocenters. The summed E-state index contributed by atoms with van der Waals surface area (Å²) in [5.74, 6) is 6.90. The van der Waals surface area contributed by atoms with Crippen molar-refractivity contribution in [2.45, 2.75) is 83.2 Å². The van der Waals surface area contributed by atoms with Crippen molar-refractivity contribution in [2.24, 2.45) is 11.8 Å². The third kappa shape index (κ3) is 3.14. The maximum atomic E-state index is 5.99. The van der Waals surface area contributed by atoms with E-state index in [9.17, 15) is 0 Å². The van der Waals surface area contributed by atoms with Crippen LogP contribution in [0.1, 0.15) is 71.6 Å². The molecule has 0 spiro atoms. The largest absolute Gasteiger partial charge is 0.297 e. The van der Waals surface area contributed by atoms with Gasteiger partial charge in [-0.2, -0.15) is 0 Å². The third-order valence-electron chi connectivity index (χ3n) is 5.76. The van der Waals surface area contributed by atoms with Gasteiger partial charge in [-0.15, -0.1) is 0 Å². The maximum Gasteiger partial charge on any atom is 0.0397 e. The second-order valence-corrected chi connectivity index (χ2v) is 6.59. The Labute approximate surface area is 119 Å². The Morgan fingerprint density at radius 2 is 1.68 bits per heavy atom. The van der Waals surface area contributed by atoms with Crippen molar-refractivity contribution in [1.29, 1.82) is 0 Å². The second kappa shape index (κ2) is 7.05. The van der Waals surface area contributed by atoms with E-state index in [0.29, 0.717) is 11.6 Å². The molecule has 3 N–H and O–H groups in total. The Kier molecular flexibility index (Phi) is 5.67. The Hall–Kier alpha value is -0.120. The molecule has 0 heterocycles. The van der Waals surface area contributed by atoms with E-state index < -0.39 is 0 Å². The average Bonchev–Trinajstić information content (AvgIpc) is 3.09. The van der Waals surface area contributed by atoms with Crippen LogP contribution in [0.2, 0.25) is 0 Å². The van der Waals surface area contributed by atoms with Crippen molar-refractivity contribution < 1.29 is 0 Å². The SMILES string of the molecule is CCN(CC)C1(C(CC2CCCC2)NN)CCCC1. The number of hydrazine groups is 1. The van der Waals surface area contributed by atoms with Crippen molar-refractivity contribution in [3.05, 3.63) is 0 Å². The molecule has 0 aromatic rings. The third-order valence-corrected chi connectivity index (χ3v) is 5.76. The number of nitrogens with zero attached hydrogens (tertiary/aromatic N) is 1. The lowest BCUT2D eigenvalue weighted by molar-refractivity contribution is 0.0532. The van der Waals surface area contributed by atoms with Gasteiger partial charge < -0.3 is 0 Å². The molecule has 2 aliphatic carbocycles. The minimum atomic E-state index is 0.334. The minimum absolute atomic E-state index is 0.334. The first kappa shape index (κ1) is 15.3. The minimum Gasteiger partial charge on any atom is -0.297 e. The lowest BCUT2D eigenvalue weighted by Gasteiger charge is -2.46. The van der Waals surface area contributed by atoms with E-state index in [0.717, 1.165) is 19.0 Å². The summed E-state index contributed by atoms with van der Waals surface area (Å²) >= 11 is 0. The maximum absolute atomic E-state index is 5.99. The summed E-state index contributed by atoms with van der Waals surface area (Å²) in [4.78, 5) is 2.68. The van der Waals surface area contributed by atoms with Gasteiger partial charge in [0, 0.05) is 11.6 Å². The molecule has 2 fully saturated rings. The molecule has 0 aliphatic heterocycles. The highest BCUT2D eigenvalue weighted by atomic mass is 15.3. The van der Waals surface area contributed by atoms with Crippen molar-refractivity contribution in [3.63, 3.8) is 0 Å². The topological polar surface area (TPSA) is 41.3 Å². The van der Waals surface area contributed by atoms with Gasteiger partial charge in [-0.05, 0) is 38.3 Å². The van der Waals surface area contributed by atoms with Gasteiger partial charge >= 0.3 is 0 Å². The molecule has 112 valence electrons. The summed E-state index contributed by atoms with van der Waals surface area (Å²) in [5, 5.41) is 0. The van der Waals surface area contributed by atoms with Crippen molar-refractivity contribution in [2.75, 3.05) is 13.1 Å². The van der Waals surface area contributed by atoms with Crippen molar-refractivity contribution in [3.8, 4) is 0 Å². The van der Waals surface area contributed by atoms with Crippen LogP contribution in [0.25, 0.3) is 0 Å². The number of likely N-dealkylation sites (N-methyl/N-ethyl adjacent to an activating group) is 1. The van der Waals surface area contributed by atoms with Gasteiger partial charge in [0.05, 0.1) is 0 Å². The molecule has 2 saturated carbocycles. The monoisotopic (exact) mass is 267 g/mol. The van der Waals surface area contributed by atoms with Crippen LogP contribution < -0.4 is 11.3 Å². The van der Waals surface area contributed by atoms with Crippen LogP contribution in [-0.4, -0.2) is 29.6 Å². The molecular weight excluding hydrogens is 234 g/mol. The fraction of sp³-hybridized carbons (Fsp3) is 1.00. The fourth-order valence-corrected chi connectivity index (χ4v) is 4.75. The molecule has 0 amide bonds. The van der Waals surface area contributed by atoms with E-state index in [4.69, 9.17) is 5.84 Å². The number of rotatable bonds is 7. The zero-order chi connectivity index (χ0) is 13.7. The first-order chi connectivity index (χ1) is 9.26. The van der Waals surface area contributed by atoms with Crippen LogP contribution in [0.3, 0.4) is 0 Å². The molecule has 2 rings (SSSR count). The van der Waals surface area contributed by atoms with Gasteiger partial charge in [-0.25, -0.2) is 0 Å². The first-order valence-corrected chi connectivity index (χ1v) is 8.48. The van der Waals surface area contributed by atoms with Crippen molar-refractivity contribution >= 4 is 0 Å². The van der Waals surface area contributed by atoms with E-state index in [1.807, 2.05) is 0 Å². The Morgan fingerprint density at radius 3 is 2.16 bits per heavy atom. The Bertz CT molecular complexity index is 251. The van der Waals surface area contributed by atoms with Crippen LogP contribution in [-0.2, 0) is 0 Å². The van der Waals surface area contributed by atoms with E-state index in [-0.39, 0.29) is 0 Å². The summed E-state index contributed by atoms with van der Waals surface area (Å²) in [5.41, 5.74) is 3.55. The fourth-order valence-electron chi connectivity index (χ4n) is 4.75. The molecule has 19 heavy (non-hydrogen) atoms. The van der Waals surface area contributed by atoms with Gasteiger partial charge in [0.1, 0.15) is 0 Å². The lowest BCUT2D eigenvalue weighted by Crippen LogP contribution is -2.61. The zero-order valence-electron chi connectivity index (χ0n) is 13.0. The predicted molar refractivity (Wildman–Crippen MR) is 81.8 cm³/mol. The summed E-state index contributed by atoms with van der Waals surface area (Å²) < 4.78 is 0. The molecule has 0 aromatic carbocycles. The zero-order valence-corrected chi connectivity index (χ0v) is 13.0. The highest BCUT2D eigenvalue weighted by Gasteiger charge is 2.45. The summed E-state index contributed by atoms with van der Waals surface area (Å²) in [7, 11) is 0. The molecule has 0 bridgehead atoms. The summed E-state index contributed by atoms with van der Waals surface area (Å²) in [6.45, 7) is 6.90. The van der Waals surface area contributed by atoms with Gasteiger partial charge in [0.25, 0.3) is 0 Å². The molecule has 1 atom stereocenters. The van der Waals surface area contributed by atoms with Crippen LogP contribution in [0, 0.1) is 5.92 Å². The molecule has 3 nitrogen and oxygen atoms in total. The lowest BCUT2D eigenvalue weighted by atomic mass is 9.80. The van der Waals surface area contributed by atoms with Crippen molar-refractivity contribution in [1.82, 2.24) is 10.3 Å². The van der Waals surface area contributed by atoms with E-state index >= 15 is 0 Å². The highest BCUT2D eigenvalue weighted by molar-refractivity contribution is 5.03. The first-order valence-electron chi connectivity index (χ1n) is 8.48. The highest BCUT2D eigenvalue weighted by Crippen LogP contribution is 2.41. The molecule has 0 radical (unpaired) electrons. The molecule has 0 aromatic heterocycles. The predicted octanol–water partition coefficient (Wildman–Crippen LogP) is 3.05. The quantitative estimate of drug-likeness (QED) is 0.550. The van der Waals surface area contributed by atoms with Crippen LogP contribution in [0.5, 0.6) is 0 Å². The molecule has 2 aliphatic rings. The molecule has 0 saturated heterocycles. The van der Waals surface area contributed by atoms with Crippen LogP contribution in [0.4, 0.5) is 0 Å². The van der Waals surface area contributed by atoms with E-state index in [1.165, 1.54) is 57.8 Å². The normalized spacial score (nSPS) is 25.3. The van der Waals surface area contributed by atoms with Gasteiger partial charge in [0.15, 0.2) is 0 Å². The summed E-state index contributed by atoms with van der Waals surface area (Å²) in [6.07, 6.45) is 12.4. The van der Waals surface area contributed by atoms with E-state index in [1.54, 1.807) is 0 Å². The average molecular weight is 267 g/mol. The number of hydrogen-bond donors (Lipinski definition) is 2. The Balaban J connectivity index is 2.10. The second-order valence-electron chi connectivity index (χ2n) is 6.59. The standard InChI is InChI=1S/C16H33N3/c1-3-19(4-2)16(11-7-8-12-16)15(18-17)13-14-9-5-6-10-14/h14-15,18H,3-13,17H2,1-2H3. The molecule has 3 heteroatoms.